The van der Waals surface area contributed by atoms with Gasteiger partial charge in [0.1, 0.15) is 0 Å². The lowest BCUT2D eigenvalue weighted by Crippen LogP contribution is -2.37. The molecule has 0 aliphatic carbocycles. The van der Waals surface area contributed by atoms with Gasteiger partial charge < -0.3 is 16.0 Å². The number of pyridine rings is 1. The van der Waals surface area contributed by atoms with Gasteiger partial charge in [-0.2, -0.15) is 0 Å². The van der Waals surface area contributed by atoms with Crippen LogP contribution in [0.4, 0.5) is 10.2 Å². The molecule has 1 amide bonds. The fourth-order valence-electron chi connectivity index (χ4n) is 2.23. The Kier molecular flexibility index (Phi) is 4.31. The highest BCUT2D eigenvalue weighted by molar-refractivity contribution is 5.95. The van der Waals surface area contributed by atoms with E-state index in [1.54, 1.807) is 0 Å². The predicted molar refractivity (Wildman–Crippen MR) is 71.2 cm³/mol. The second-order valence-electron chi connectivity index (χ2n) is 5.01. The molecule has 0 spiro atoms. The average Bonchev–Trinajstić information content (AvgIpc) is 2.41. The van der Waals surface area contributed by atoms with Gasteiger partial charge in [0.2, 0.25) is 0 Å². The smallest absolute Gasteiger partial charge is 0.254 e. The number of amides is 1. The van der Waals surface area contributed by atoms with E-state index in [-0.39, 0.29) is 11.4 Å². The van der Waals surface area contributed by atoms with Crippen molar-refractivity contribution in [1.82, 2.24) is 15.2 Å². The Balaban J connectivity index is 1.89. The van der Waals surface area contributed by atoms with E-state index in [0.717, 1.165) is 25.9 Å². The summed E-state index contributed by atoms with van der Waals surface area (Å²) in [5, 5.41) is 2.77. The van der Waals surface area contributed by atoms with Crippen molar-refractivity contribution in [1.29, 1.82) is 0 Å². The summed E-state index contributed by atoms with van der Waals surface area (Å²) in [4.78, 5) is 17.7. The van der Waals surface area contributed by atoms with Crippen LogP contribution in [0.1, 0.15) is 23.2 Å². The maximum absolute atomic E-state index is 13.6. The lowest BCUT2D eigenvalue weighted by Gasteiger charge is -2.28. The third kappa shape index (κ3) is 3.41. The Hall–Kier alpha value is -1.69. The predicted octanol–water partition coefficient (Wildman–Crippen LogP) is 0.875. The van der Waals surface area contributed by atoms with Crippen molar-refractivity contribution in [2.24, 2.45) is 5.92 Å². The molecule has 1 aromatic heterocycles. The van der Waals surface area contributed by atoms with E-state index in [1.807, 2.05) is 0 Å². The van der Waals surface area contributed by atoms with Crippen LogP contribution in [0.25, 0.3) is 0 Å². The van der Waals surface area contributed by atoms with Crippen LogP contribution in [0.3, 0.4) is 0 Å². The highest BCUT2D eigenvalue weighted by atomic mass is 19.1. The minimum Gasteiger partial charge on any atom is -0.381 e. The molecule has 0 saturated carbocycles. The van der Waals surface area contributed by atoms with Crippen LogP contribution in [0.15, 0.2) is 12.3 Å². The highest BCUT2D eigenvalue weighted by Crippen LogP contribution is 2.16. The molecule has 3 N–H and O–H groups in total. The van der Waals surface area contributed by atoms with Crippen molar-refractivity contribution in [2.45, 2.75) is 12.8 Å². The minimum absolute atomic E-state index is 0.0413. The van der Waals surface area contributed by atoms with Crippen molar-refractivity contribution in [3.05, 3.63) is 23.6 Å². The molecular formula is C13H19FN4O. The van der Waals surface area contributed by atoms with Gasteiger partial charge in [0.15, 0.2) is 11.6 Å². The number of nitrogens with zero attached hydrogens (tertiary/aromatic N) is 2. The first kappa shape index (κ1) is 13.7. The molecule has 6 heteroatoms. The van der Waals surface area contributed by atoms with Crippen molar-refractivity contribution in [2.75, 3.05) is 32.4 Å². The Morgan fingerprint density at radius 1 is 1.58 bits per heavy atom. The zero-order valence-corrected chi connectivity index (χ0v) is 11.0. The van der Waals surface area contributed by atoms with Gasteiger partial charge in [-0.1, -0.05) is 0 Å². The zero-order valence-electron chi connectivity index (χ0n) is 11.0. The second kappa shape index (κ2) is 5.97. The molecule has 5 nitrogen and oxygen atoms in total. The van der Waals surface area contributed by atoms with Crippen LogP contribution >= 0.6 is 0 Å². The number of hydrogen-bond donors (Lipinski definition) is 2. The summed E-state index contributed by atoms with van der Waals surface area (Å²) in [6.45, 7) is 2.66. The summed E-state index contributed by atoms with van der Waals surface area (Å²) in [6.07, 6.45) is 3.44. The van der Waals surface area contributed by atoms with E-state index in [4.69, 9.17) is 5.73 Å². The Bertz CT molecular complexity index is 458. The number of halogens is 1. The van der Waals surface area contributed by atoms with E-state index in [1.165, 1.54) is 12.3 Å². The van der Waals surface area contributed by atoms with Crippen LogP contribution in [0, 0.1) is 11.7 Å². The SMILES string of the molecule is CN1CCC(CNC(=O)c2ccnc(N)c2F)CC1. The van der Waals surface area contributed by atoms with Gasteiger partial charge in [0, 0.05) is 12.7 Å². The first-order chi connectivity index (χ1) is 9.08. The lowest BCUT2D eigenvalue weighted by atomic mass is 9.97. The number of carbonyl (C=O) groups is 1. The fourth-order valence-corrected chi connectivity index (χ4v) is 2.23. The maximum atomic E-state index is 13.6. The lowest BCUT2D eigenvalue weighted by molar-refractivity contribution is 0.0935. The molecule has 0 atom stereocenters. The van der Waals surface area contributed by atoms with Gasteiger partial charge in [0.25, 0.3) is 5.91 Å². The molecule has 0 aromatic carbocycles. The number of likely N-dealkylation sites (tertiary alicyclic amines) is 1. The Labute approximate surface area is 112 Å². The molecule has 104 valence electrons. The standard InChI is InChI=1S/C13H19FN4O/c1-18-6-3-9(4-7-18)8-17-13(19)10-2-5-16-12(15)11(10)14/h2,5,9H,3-4,6-8H2,1H3,(H2,15,16)(H,17,19). The van der Waals surface area contributed by atoms with E-state index >= 15 is 0 Å². The fraction of sp³-hybridized carbons (Fsp3) is 0.538. The summed E-state index contributed by atoms with van der Waals surface area (Å²) in [6, 6.07) is 1.34. The molecule has 1 aliphatic heterocycles. The topological polar surface area (TPSA) is 71.2 Å². The largest absolute Gasteiger partial charge is 0.381 e. The van der Waals surface area contributed by atoms with Gasteiger partial charge in [-0.15, -0.1) is 0 Å². The first-order valence-corrected chi connectivity index (χ1v) is 6.44. The van der Waals surface area contributed by atoms with Gasteiger partial charge in [-0.05, 0) is 45.0 Å². The molecular weight excluding hydrogens is 247 g/mol. The van der Waals surface area contributed by atoms with Crippen molar-refractivity contribution in [3.63, 3.8) is 0 Å². The number of piperidine rings is 1. The average molecular weight is 266 g/mol. The number of aromatic nitrogens is 1. The van der Waals surface area contributed by atoms with Gasteiger partial charge in [0.05, 0.1) is 5.56 Å². The number of hydrogen-bond acceptors (Lipinski definition) is 4. The molecule has 1 saturated heterocycles. The van der Waals surface area contributed by atoms with Gasteiger partial charge >= 0.3 is 0 Å². The number of rotatable bonds is 3. The van der Waals surface area contributed by atoms with Gasteiger partial charge in [-0.3, -0.25) is 4.79 Å². The quantitative estimate of drug-likeness (QED) is 0.851. The summed E-state index contributed by atoms with van der Waals surface area (Å²) in [5.41, 5.74) is 5.30. The normalized spacial score (nSPS) is 17.4. The Morgan fingerprint density at radius 2 is 2.26 bits per heavy atom. The molecule has 0 unspecified atom stereocenters. The van der Waals surface area contributed by atoms with Crippen LogP contribution in [0.5, 0.6) is 0 Å². The molecule has 1 aliphatic rings. The summed E-state index contributed by atoms with van der Waals surface area (Å²) < 4.78 is 13.6. The molecule has 0 radical (unpaired) electrons. The van der Waals surface area contributed by atoms with E-state index < -0.39 is 11.7 Å². The minimum atomic E-state index is -0.747. The third-order valence-electron chi connectivity index (χ3n) is 3.55. The summed E-state index contributed by atoms with van der Waals surface area (Å²) in [5.74, 6) is -0.955. The van der Waals surface area contributed by atoms with Gasteiger partial charge in [-0.25, -0.2) is 9.37 Å². The van der Waals surface area contributed by atoms with E-state index in [2.05, 4.69) is 22.2 Å². The molecule has 1 fully saturated rings. The number of nitrogen functional groups attached to an aromatic ring is 1. The molecule has 2 heterocycles. The number of carbonyl (C=O) groups excluding carboxylic acids is 1. The number of nitrogens with one attached hydrogen (secondary N) is 1. The monoisotopic (exact) mass is 266 g/mol. The Morgan fingerprint density at radius 3 is 2.95 bits per heavy atom. The molecule has 1 aromatic rings. The van der Waals surface area contributed by atoms with Crippen LogP contribution in [-0.2, 0) is 0 Å². The van der Waals surface area contributed by atoms with Crippen molar-refractivity contribution < 1.29 is 9.18 Å². The second-order valence-corrected chi connectivity index (χ2v) is 5.01. The molecule has 19 heavy (non-hydrogen) atoms. The van der Waals surface area contributed by atoms with E-state index in [0.29, 0.717) is 12.5 Å². The highest BCUT2D eigenvalue weighted by Gasteiger charge is 2.19. The van der Waals surface area contributed by atoms with Crippen LogP contribution < -0.4 is 11.1 Å². The van der Waals surface area contributed by atoms with Crippen molar-refractivity contribution in [3.8, 4) is 0 Å². The third-order valence-corrected chi connectivity index (χ3v) is 3.55. The first-order valence-electron chi connectivity index (χ1n) is 6.44. The van der Waals surface area contributed by atoms with E-state index in [9.17, 15) is 9.18 Å². The molecule has 2 rings (SSSR count). The maximum Gasteiger partial charge on any atom is 0.254 e. The summed E-state index contributed by atoms with van der Waals surface area (Å²) >= 11 is 0. The number of anilines is 1. The van der Waals surface area contributed by atoms with Crippen LogP contribution in [0.2, 0.25) is 0 Å². The summed E-state index contributed by atoms with van der Waals surface area (Å²) in [7, 11) is 2.09. The number of nitrogens with two attached hydrogens (primary N) is 1. The molecule has 0 bridgehead atoms. The van der Waals surface area contributed by atoms with Crippen LogP contribution in [-0.4, -0.2) is 42.5 Å². The zero-order chi connectivity index (χ0) is 13.8. The van der Waals surface area contributed by atoms with Crippen molar-refractivity contribution >= 4 is 11.7 Å².